The Balaban J connectivity index is 2.02. The SMILES string of the molecule is Cc1ccc(C(=O)C2=C3NCCN3C(=O)[C@@H]2CC(=O)O)cc1. The van der Waals surface area contributed by atoms with Gasteiger partial charge in [-0.1, -0.05) is 29.8 Å². The molecule has 2 N–H and O–H groups in total. The van der Waals surface area contributed by atoms with Crippen LogP contribution in [0.1, 0.15) is 22.3 Å². The highest BCUT2D eigenvalue weighted by Crippen LogP contribution is 2.34. The summed E-state index contributed by atoms with van der Waals surface area (Å²) < 4.78 is 0. The van der Waals surface area contributed by atoms with Gasteiger partial charge in [0.1, 0.15) is 5.82 Å². The first-order chi connectivity index (χ1) is 10.5. The van der Waals surface area contributed by atoms with E-state index in [1.807, 2.05) is 19.1 Å². The van der Waals surface area contributed by atoms with E-state index in [1.54, 1.807) is 12.1 Å². The Morgan fingerprint density at radius 3 is 2.64 bits per heavy atom. The van der Waals surface area contributed by atoms with E-state index in [9.17, 15) is 14.4 Å². The number of carboxylic acids is 1. The molecule has 1 saturated heterocycles. The van der Waals surface area contributed by atoms with Gasteiger partial charge in [-0.15, -0.1) is 0 Å². The molecule has 2 heterocycles. The highest BCUT2D eigenvalue weighted by molar-refractivity contribution is 6.15. The summed E-state index contributed by atoms with van der Waals surface area (Å²) in [7, 11) is 0. The van der Waals surface area contributed by atoms with Crippen molar-refractivity contribution in [3.8, 4) is 0 Å². The molecule has 0 spiro atoms. The molecule has 0 unspecified atom stereocenters. The quantitative estimate of drug-likeness (QED) is 0.808. The monoisotopic (exact) mass is 300 g/mol. The van der Waals surface area contributed by atoms with Crippen LogP contribution < -0.4 is 5.32 Å². The van der Waals surface area contributed by atoms with E-state index < -0.39 is 11.9 Å². The molecule has 0 aliphatic carbocycles. The van der Waals surface area contributed by atoms with Crippen molar-refractivity contribution in [3.05, 3.63) is 46.8 Å². The molecule has 0 bridgehead atoms. The predicted molar refractivity (Wildman–Crippen MR) is 78.0 cm³/mol. The van der Waals surface area contributed by atoms with Crippen LogP contribution in [0.4, 0.5) is 0 Å². The lowest BCUT2D eigenvalue weighted by Gasteiger charge is -2.12. The number of hydrogen-bond acceptors (Lipinski definition) is 4. The lowest BCUT2D eigenvalue weighted by molar-refractivity contribution is -0.141. The van der Waals surface area contributed by atoms with Crippen molar-refractivity contribution >= 4 is 17.7 Å². The molecule has 1 amide bonds. The summed E-state index contributed by atoms with van der Waals surface area (Å²) >= 11 is 0. The molecule has 0 aromatic heterocycles. The molecule has 0 radical (unpaired) electrons. The van der Waals surface area contributed by atoms with E-state index in [4.69, 9.17) is 5.11 Å². The summed E-state index contributed by atoms with van der Waals surface area (Å²) in [5.41, 5.74) is 1.76. The third-order valence-corrected chi connectivity index (χ3v) is 4.00. The molecule has 0 saturated carbocycles. The minimum Gasteiger partial charge on any atom is -0.481 e. The molecule has 1 aromatic rings. The van der Waals surface area contributed by atoms with E-state index in [0.717, 1.165) is 5.56 Å². The molecule has 2 aliphatic heterocycles. The van der Waals surface area contributed by atoms with Crippen LogP contribution in [0.2, 0.25) is 0 Å². The van der Waals surface area contributed by atoms with Crippen molar-refractivity contribution in [1.82, 2.24) is 10.2 Å². The van der Waals surface area contributed by atoms with Crippen LogP contribution in [0.5, 0.6) is 0 Å². The Labute approximate surface area is 127 Å². The number of aryl methyl sites for hydroxylation is 1. The number of carbonyl (C=O) groups excluding carboxylic acids is 2. The van der Waals surface area contributed by atoms with Gasteiger partial charge < -0.3 is 10.4 Å². The van der Waals surface area contributed by atoms with Gasteiger partial charge in [0.25, 0.3) is 0 Å². The van der Waals surface area contributed by atoms with Gasteiger partial charge in [-0.3, -0.25) is 19.3 Å². The minimum atomic E-state index is -1.09. The van der Waals surface area contributed by atoms with E-state index in [-0.39, 0.29) is 23.7 Å². The number of fused-ring (bicyclic) bond motifs is 1. The van der Waals surface area contributed by atoms with Crippen LogP contribution in [0, 0.1) is 12.8 Å². The van der Waals surface area contributed by atoms with Gasteiger partial charge in [0.05, 0.1) is 17.9 Å². The van der Waals surface area contributed by atoms with Crippen LogP contribution in [0.25, 0.3) is 0 Å². The highest BCUT2D eigenvalue weighted by atomic mass is 16.4. The first-order valence-corrected chi connectivity index (χ1v) is 7.11. The Morgan fingerprint density at radius 1 is 1.32 bits per heavy atom. The van der Waals surface area contributed by atoms with E-state index in [0.29, 0.717) is 24.5 Å². The molecule has 2 aliphatic rings. The number of amides is 1. The number of carboxylic acid groups (broad SMARTS) is 1. The summed E-state index contributed by atoms with van der Waals surface area (Å²) in [6, 6.07) is 7.04. The van der Waals surface area contributed by atoms with Gasteiger partial charge in [-0.25, -0.2) is 0 Å². The summed E-state index contributed by atoms with van der Waals surface area (Å²) in [5, 5.41) is 12.1. The second kappa shape index (κ2) is 5.29. The lowest BCUT2D eigenvalue weighted by atomic mass is 9.90. The first kappa shape index (κ1) is 14.3. The molecular weight excluding hydrogens is 284 g/mol. The molecular formula is C16H16N2O4. The van der Waals surface area contributed by atoms with Crippen molar-refractivity contribution in [2.24, 2.45) is 5.92 Å². The normalized spacial score (nSPS) is 20.1. The zero-order chi connectivity index (χ0) is 15.9. The number of hydrogen-bond donors (Lipinski definition) is 2. The largest absolute Gasteiger partial charge is 0.481 e. The molecule has 114 valence electrons. The van der Waals surface area contributed by atoms with Crippen LogP contribution in [-0.2, 0) is 9.59 Å². The van der Waals surface area contributed by atoms with Crippen LogP contribution in [-0.4, -0.2) is 40.8 Å². The number of nitrogens with zero attached hydrogens (tertiary/aromatic N) is 1. The lowest BCUT2D eigenvalue weighted by Crippen LogP contribution is -2.29. The number of Topliss-reactive ketones (excluding diaryl/α,β-unsaturated/α-hetero) is 1. The van der Waals surface area contributed by atoms with Gasteiger partial charge in [-0.05, 0) is 6.92 Å². The summed E-state index contributed by atoms with van der Waals surface area (Å²) in [4.78, 5) is 37.6. The Bertz CT molecular complexity index is 691. The van der Waals surface area contributed by atoms with Gasteiger partial charge in [-0.2, -0.15) is 0 Å². The zero-order valence-corrected chi connectivity index (χ0v) is 12.1. The summed E-state index contributed by atoms with van der Waals surface area (Å²) in [6.45, 7) is 2.96. The second-order valence-electron chi connectivity index (χ2n) is 5.52. The van der Waals surface area contributed by atoms with Crippen molar-refractivity contribution < 1.29 is 19.5 Å². The van der Waals surface area contributed by atoms with Crippen LogP contribution in [0.3, 0.4) is 0 Å². The van der Waals surface area contributed by atoms with Crippen molar-refractivity contribution in [2.75, 3.05) is 13.1 Å². The average Bonchev–Trinajstić information content (AvgIpc) is 3.03. The second-order valence-corrected chi connectivity index (χ2v) is 5.52. The Morgan fingerprint density at radius 2 is 2.00 bits per heavy atom. The van der Waals surface area contributed by atoms with E-state index >= 15 is 0 Å². The maximum absolute atomic E-state index is 12.8. The molecule has 3 rings (SSSR count). The number of benzene rings is 1. The van der Waals surface area contributed by atoms with Crippen molar-refractivity contribution in [3.63, 3.8) is 0 Å². The molecule has 6 nitrogen and oxygen atoms in total. The van der Waals surface area contributed by atoms with Crippen molar-refractivity contribution in [1.29, 1.82) is 0 Å². The third-order valence-electron chi connectivity index (χ3n) is 4.00. The Hall–Kier alpha value is -2.63. The van der Waals surface area contributed by atoms with Crippen LogP contribution in [0.15, 0.2) is 35.7 Å². The standard InChI is InChI=1S/C16H16N2O4/c1-9-2-4-10(5-3-9)14(21)13-11(8-12(19)20)16(22)18-7-6-17-15(13)18/h2-5,11,17H,6-8H2,1H3,(H,19,20)/t11-/m1/s1. The van der Waals surface area contributed by atoms with Crippen molar-refractivity contribution in [2.45, 2.75) is 13.3 Å². The molecule has 1 atom stereocenters. The Kier molecular flexibility index (Phi) is 3.44. The number of rotatable bonds is 4. The average molecular weight is 300 g/mol. The summed E-state index contributed by atoms with van der Waals surface area (Å²) in [6.07, 6.45) is -0.368. The fourth-order valence-electron chi connectivity index (χ4n) is 2.92. The fourth-order valence-corrected chi connectivity index (χ4v) is 2.92. The predicted octanol–water partition coefficient (Wildman–Crippen LogP) is 0.926. The molecule has 1 fully saturated rings. The van der Waals surface area contributed by atoms with Gasteiger partial charge in [0.15, 0.2) is 5.78 Å². The zero-order valence-electron chi connectivity index (χ0n) is 12.1. The minimum absolute atomic E-state index is 0.272. The highest BCUT2D eigenvalue weighted by Gasteiger charge is 2.45. The fraction of sp³-hybridized carbons (Fsp3) is 0.312. The maximum Gasteiger partial charge on any atom is 0.304 e. The third kappa shape index (κ3) is 2.26. The van der Waals surface area contributed by atoms with E-state index in [2.05, 4.69) is 5.32 Å². The van der Waals surface area contributed by atoms with Crippen LogP contribution >= 0.6 is 0 Å². The maximum atomic E-state index is 12.8. The first-order valence-electron chi connectivity index (χ1n) is 7.11. The summed E-state index contributed by atoms with van der Waals surface area (Å²) in [5.74, 6) is -2.12. The molecule has 1 aromatic carbocycles. The number of ketones is 1. The smallest absolute Gasteiger partial charge is 0.304 e. The number of nitrogens with one attached hydrogen (secondary N) is 1. The number of aliphatic carboxylic acids is 1. The molecule has 22 heavy (non-hydrogen) atoms. The number of carbonyl (C=O) groups is 3. The van der Waals surface area contributed by atoms with E-state index in [1.165, 1.54) is 4.90 Å². The van der Waals surface area contributed by atoms with Gasteiger partial charge in [0.2, 0.25) is 5.91 Å². The molecule has 6 heteroatoms. The van der Waals surface area contributed by atoms with Gasteiger partial charge in [0, 0.05) is 18.7 Å². The topological polar surface area (TPSA) is 86.7 Å². The van der Waals surface area contributed by atoms with Gasteiger partial charge >= 0.3 is 5.97 Å².